The lowest BCUT2D eigenvalue weighted by molar-refractivity contribution is -0.122. The average molecular weight is 393 g/mol. The molecule has 1 heterocycles. The maximum Gasteiger partial charge on any atom is 0.223 e. The fourth-order valence-corrected chi connectivity index (χ4v) is 3.44. The van der Waals surface area contributed by atoms with E-state index >= 15 is 0 Å². The van der Waals surface area contributed by atoms with Gasteiger partial charge in [-0.25, -0.2) is 4.98 Å². The highest BCUT2D eigenvalue weighted by molar-refractivity contribution is 5.80. The summed E-state index contributed by atoms with van der Waals surface area (Å²) in [5.74, 6) is 3.08. The predicted molar refractivity (Wildman–Crippen MR) is 112 cm³/mol. The van der Waals surface area contributed by atoms with Crippen LogP contribution in [0.3, 0.4) is 0 Å². The third-order valence-electron chi connectivity index (χ3n) is 5.18. The van der Waals surface area contributed by atoms with Crippen LogP contribution in [0.2, 0.25) is 0 Å². The summed E-state index contributed by atoms with van der Waals surface area (Å²) in [4.78, 5) is 16.7. The van der Waals surface area contributed by atoms with Crippen molar-refractivity contribution in [1.82, 2.24) is 14.9 Å². The number of benzene rings is 2. The lowest BCUT2D eigenvalue weighted by atomic mass is 10.3. The first kappa shape index (κ1) is 19.3. The van der Waals surface area contributed by atoms with Gasteiger partial charge in [-0.3, -0.25) is 4.79 Å². The number of nitrogens with one attached hydrogen (secondary N) is 1. The van der Waals surface area contributed by atoms with Crippen LogP contribution >= 0.6 is 0 Å². The Balaban J connectivity index is 1.35. The molecule has 3 aromatic rings. The molecule has 6 nitrogen and oxygen atoms in total. The van der Waals surface area contributed by atoms with Crippen LogP contribution in [-0.4, -0.2) is 35.7 Å². The van der Waals surface area contributed by atoms with E-state index in [4.69, 9.17) is 14.5 Å². The summed E-state index contributed by atoms with van der Waals surface area (Å²) in [6, 6.07) is 15.8. The van der Waals surface area contributed by atoms with Gasteiger partial charge in [-0.2, -0.15) is 0 Å². The number of hydrogen-bond donors (Lipinski definition) is 1. The second kappa shape index (κ2) is 8.99. The molecule has 152 valence electrons. The average Bonchev–Trinajstić information content (AvgIpc) is 3.55. The maximum atomic E-state index is 11.9. The minimum Gasteiger partial charge on any atom is -0.497 e. The molecule has 6 heteroatoms. The molecule has 29 heavy (non-hydrogen) atoms. The zero-order valence-corrected chi connectivity index (χ0v) is 16.8. The molecule has 1 aliphatic carbocycles. The molecule has 0 atom stereocenters. The van der Waals surface area contributed by atoms with E-state index in [1.165, 1.54) is 0 Å². The highest BCUT2D eigenvalue weighted by atomic mass is 16.5. The van der Waals surface area contributed by atoms with Crippen LogP contribution in [0, 0.1) is 5.92 Å². The van der Waals surface area contributed by atoms with Crippen LogP contribution in [0.1, 0.15) is 25.1 Å². The number of amides is 1. The number of carbonyl (C=O) groups excluding carboxylic acids is 1. The molecule has 2 aromatic carbocycles. The molecule has 1 aromatic heterocycles. The number of para-hydroxylation sites is 2. The zero-order chi connectivity index (χ0) is 20.1. The third kappa shape index (κ3) is 4.88. The molecule has 0 radical (unpaired) electrons. The fraction of sp³-hybridized carbons (Fsp3) is 0.391. The minimum atomic E-state index is 0.181. The number of aryl methyl sites for hydroxylation is 1. The number of rotatable bonds is 10. The van der Waals surface area contributed by atoms with Gasteiger partial charge in [0.25, 0.3) is 0 Å². The lowest BCUT2D eigenvalue weighted by Crippen LogP contribution is -2.27. The van der Waals surface area contributed by atoms with E-state index in [1.807, 2.05) is 42.5 Å². The van der Waals surface area contributed by atoms with Crippen molar-refractivity contribution < 1.29 is 14.3 Å². The number of fused-ring (bicyclic) bond motifs is 1. The molecule has 4 rings (SSSR count). The number of methoxy groups -OCH3 is 1. The topological polar surface area (TPSA) is 65.4 Å². The van der Waals surface area contributed by atoms with Gasteiger partial charge in [-0.05, 0) is 55.7 Å². The predicted octanol–water partition coefficient (Wildman–Crippen LogP) is 3.58. The van der Waals surface area contributed by atoms with Gasteiger partial charge in [0.2, 0.25) is 5.91 Å². The Kier molecular flexibility index (Phi) is 5.98. The van der Waals surface area contributed by atoms with Crippen molar-refractivity contribution in [1.29, 1.82) is 0 Å². The van der Waals surface area contributed by atoms with Crippen molar-refractivity contribution in [3.05, 3.63) is 54.4 Å². The van der Waals surface area contributed by atoms with Crippen LogP contribution in [0.4, 0.5) is 0 Å². The molecule has 1 N–H and O–H groups in total. The van der Waals surface area contributed by atoms with E-state index in [2.05, 4.69) is 16.0 Å². The summed E-state index contributed by atoms with van der Waals surface area (Å²) in [5.41, 5.74) is 2.12. The van der Waals surface area contributed by atoms with Crippen LogP contribution in [0.15, 0.2) is 48.5 Å². The molecular weight excluding hydrogens is 366 g/mol. The van der Waals surface area contributed by atoms with Gasteiger partial charge in [0.15, 0.2) is 0 Å². The summed E-state index contributed by atoms with van der Waals surface area (Å²) in [7, 11) is 1.65. The second-order valence-electron chi connectivity index (χ2n) is 7.36. The van der Waals surface area contributed by atoms with Crippen molar-refractivity contribution in [2.75, 3.05) is 20.3 Å². The fourth-order valence-electron chi connectivity index (χ4n) is 3.44. The highest BCUT2D eigenvalue weighted by Gasteiger charge is 2.29. The molecule has 1 fully saturated rings. The SMILES string of the molecule is COc1ccc(OCCCn2c(CCNC(=O)C3CC3)nc3ccccc32)cc1. The number of aromatic nitrogens is 2. The van der Waals surface area contributed by atoms with Crippen LogP contribution < -0.4 is 14.8 Å². The first-order valence-electron chi connectivity index (χ1n) is 10.2. The molecule has 0 spiro atoms. The van der Waals surface area contributed by atoms with Crippen LogP contribution in [0.25, 0.3) is 11.0 Å². The maximum absolute atomic E-state index is 11.9. The standard InChI is InChI=1S/C23H27N3O3/c1-28-18-9-11-19(12-10-18)29-16-4-15-26-21-6-3-2-5-20(21)25-22(26)13-14-24-23(27)17-7-8-17/h2-3,5-6,9-12,17H,4,7-8,13-16H2,1H3,(H,24,27). The molecule has 0 aliphatic heterocycles. The van der Waals surface area contributed by atoms with E-state index in [9.17, 15) is 4.79 Å². The van der Waals surface area contributed by atoms with Crippen LogP contribution in [0.5, 0.6) is 11.5 Å². The van der Waals surface area contributed by atoms with E-state index in [1.54, 1.807) is 7.11 Å². The Morgan fingerprint density at radius 2 is 1.90 bits per heavy atom. The minimum absolute atomic E-state index is 0.181. The number of nitrogens with zero attached hydrogens (tertiary/aromatic N) is 2. The zero-order valence-electron chi connectivity index (χ0n) is 16.8. The monoisotopic (exact) mass is 393 g/mol. The van der Waals surface area contributed by atoms with Crippen molar-refractivity contribution >= 4 is 16.9 Å². The number of hydrogen-bond acceptors (Lipinski definition) is 4. The molecule has 0 bridgehead atoms. The Morgan fingerprint density at radius 1 is 1.14 bits per heavy atom. The van der Waals surface area contributed by atoms with Gasteiger partial charge in [-0.1, -0.05) is 12.1 Å². The molecule has 1 aliphatic rings. The van der Waals surface area contributed by atoms with Crippen molar-refractivity contribution in [2.24, 2.45) is 5.92 Å². The van der Waals surface area contributed by atoms with Gasteiger partial charge in [0.1, 0.15) is 17.3 Å². The number of ether oxygens (including phenoxy) is 2. The summed E-state index contributed by atoms with van der Waals surface area (Å²) < 4.78 is 13.3. The van der Waals surface area contributed by atoms with E-state index in [0.717, 1.165) is 60.6 Å². The number of carbonyl (C=O) groups is 1. The molecule has 1 saturated carbocycles. The van der Waals surface area contributed by atoms with Gasteiger partial charge in [0.05, 0.1) is 24.8 Å². The quantitative estimate of drug-likeness (QED) is 0.535. The van der Waals surface area contributed by atoms with Gasteiger partial charge in [-0.15, -0.1) is 0 Å². The highest BCUT2D eigenvalue weighted by Crippen LogP contribution is 2.28. The first-order valence-corrected chi connectivity index (χ1v) is 10.2. The largest absolute Gasteiger partial charge is 0.497 e. The summed E-state index contributed by atoms with van der Waals surface area (Å²) in [6.45, 7) is 2.07. The Labute approximate surface area is 170 Å². The smallest absolute Gasteiger partial charge is 0.223 e. The Bertz CT molecular complexity index is 961. The summed E-state index contributed by atoms with van der Waals surface area (Å²) in [5, 5.41) is 3.04. The molecule has 1 amide bonds. The molecule has 0 unspecified atom stereocenters. The Hall–Kier alpha value is -3.02. The van der Waals surface area contributed by atoms with Crippen molar-refractivity contribution in [3.8, 4) is 11.5 Å². The van der Waals surface area contributed by atoms with Gasteiger partial charge in [0, 0.05) is 25.4 Å². The summed E-state index contributed by atoms with van der Waals surface area (Å²) >= 11 is 0. The van der Waals surface area contributed by atoms with E-state index in [-0.39, 0.29) is 11.8 Å². The Morgan fingerprint density at radius 3 is 2.66 bits per heavy atom. The lowest BCUT2D eigenvalue weighted by Gasteiger charge is -2.11. The number of imidazole rings is 1. The van der Waals surface area contributed by atoms with Crippen molar-refractivity contribution in [3.63, 3.8) is 0 Å². The van der Waals surface area contributed by atoms with Crippen molar-refractivity contribution in [2.45, 2.75) is 32.2 Å². The molecular formula is C23H27N3O3. The van der Waals surface area contributed by atoms with Gasteiger partial charge < -0.3 is 19.4 Å². The van der Waals surface area contributed by atoms with E-state index in [0.29, 0.717) is 13.2 Å². The second-order valence-corrected chi connectivity index (χ2v) is 7.36. The van der Waals surface area contributed by atoms with Crippen LogP contribution in [-0.2, 0) is 17.8 Å². The summed E-state index contributed by atoms with van der Waals surface area (Å²) in [6.07, 6.45) is 3.65. The van der Waals surface area contributed by atoms with E-state index < -0.39 is 0 Å². The van der Waals surface area contributed by atoms with Gasteiger partial charge >= 0.3 is 0 Å². The third-order valence-corrected chi connectivity index (χ3v) is 5.18. The molecule has 0 saturated heterocycles. The first-order chi connectivity index (χ1) is 14.2. The normalized spacial score (nSPS) is 13.4.